The van der Waals surface area contributed by atoms with Gasteiger partial charge in [0.2, 0.25) is 10.0 Å². The lowest BCUT2D eigenvalue weighted by Gasteiger charge is -2.20. The highest BCUT2D eigenvalue weighted by Gasteiger charge is 2.21. The Balaban J connectivity index is 1.99. The molecule has 1 aliphatic heterocycles. The van der Waals surface area contributed by atoms with Gasteiger partial charge >= 0.3 is 0 Å². The normalized spacial score (nSPS) is 15.4. The van der Waals surface area contributed by atoms with E-state index in [4.69, 9.17) is 4.74 Å². The van der Waals surface area contributed by atoms with Gasteiger partial charge in [-0.15, -0.1) is 0 Å². The van der Waals surface area contributed by atoms with Gasteiger partial charge in [-0.3, -0.25) is 4.79 Å². The predicted molar refractivity (Wildman–Crippen MR) is 74.8 cm³/mol. The maximum Gasteiger partial charge on any atom is 0.260 e. The van der Waals surface area contributed by atoms with E-state index in [-0.39, 0.29) is 24.8 Å². The number of carbonyl (C=O) groups is 1. The lowest BCUT2D eigenvalue weighted by Crippen LogP contribution is -2.39. The smallest absolute Gasteiger partial charge is 0.260 e. The van der Waals surface area contributed by atoms with Crippen molar-refractivity contribution in [2.24, 2.45) is 0 Å². The summed E-state index contributed by atoms with van der Waals surface area (Å²) in [5, 5.41) is 0. The standard InChI is InChI=1S/C13H18N2O4S/c1-2-20(17,18)14-7-8-15-9-11-5-3-4-6-12(11)19-10-13(15)16/h3-6,14H,2,7-10H2,1H3. The summed E-state index contributed by atoms with van der Waals surface area (Å²) in [4.78, 5) is 13.5. The molecule has 1 aromatic carbocycles. The average molecular weight is 298 g/mol. The van der Waals surface area contributed by atoms with Crippen molar-refractivity contribution in [1.82, 2.24) is 9.62 Å². The van der Waals surface area contributed by atoms with Crippen molar-refractivity contribution in [3.8, 4) is 5.75 Å². The van der Waals surface area contributed by atoms with Gasteiger partial charge in [0.25, 0.3) is 5.91 Å². The van der Waals surface area contributed by atoms with Crippen LogP contribution in [0.5, 0.6) is 5.75 Å². The number of fused-ring (bicyclic) bond motifs is 1. The third-order valence-corrected chi connectivity index (χ3v) is 4.53. The highest BCUT2D eigenvalue weighted by Crippen LogP contribution is 2.22. The van der Waals surface area contributed by atoms with Crippen LogP contribution < -0.4 is 9.46 Å². The first-order chi connectivity index (χ1) is 9.52. The molecule has 0 bridgehead atoms. The summed E-state index contributed by atoms with van der Waals surface area (Å²) < 4.78 is 30.6. The number of nitrogens with one attached hydrogen (secondary N) is 1. The van der Waals surface area contributed by atoms with Crippen molar-refractivity contribution in [2.45, 2.75) is 13.5 Å². The summed E-state index contributed by atoms with van der Waals surface area (Å²) in [5.41, 5.74) is 0.927. The van der Waals surface area contributed by atoms with Gasteiger partial charge in [0.15, 0.2) is 6.61 Å². The number of rotatable bonds is 5. The molecular weight excluding hydrogens is 280 g/mol. The van der Waals surface area contributed by atoms with E-state index in [9.17, 15) is 13.2 Å². The number of carbonyl (C=O) groups excluding carboxylic acids is 1. The molecule has 0 fully saturated rings. The molecule has 1 heterocycles. The van der Waals surface area contributed by atoms with Gasteiger partial charge in [0.1, 0.15) is 5.75 Å². The van der Waals surface area contributed by atoms with E-state index in [0.29, 0.717) is 18.8 Å². The first-order valence-electron chi connectivity index (χ1n) is 6.47. The fourth-order valence-electron chi connectivity index (χ4n) is 1.94. The van der Waals surface area contributed by atoms with Crippen molar-refractivity contribution in [3.05, 3.63) is 29.8 Å². The van der Waals surface area contributed by atoms with Crippen LogP contribution in [0.1, 0.15) is 12.5 Å². The van der Waals surface area contributed by atoms with Gasteiger partial charge < -0.3 is 9.64 Å². The van der Waals surface area contributed by atoms with E-state index in [1.54, 1.807) is 11.8 Å². The van der Waals surface area contributed by atoms with Crippen molar-refractivity contribution in [1.29, 1.82) is 0 Å². The Hall–Kier alpha value is -1.60. The Morgan fingerprint density at radius 3 is 2.85 bits per heavy atom. The zero-order valence-electron chi connectivity index (χ0n) is 11.3. The van der Waals surface area contributed by atoms with Gasteiger partial charge in [0, 0.05) is 25.2 Å². The van der Waals surface area contributed by atoms with Gasteiger partial charge in [-0.05, 0) is 13.0 Å². The summed E-state index contributed by atoms with van der Waals surface area (Å²) in [6.45, 7) is 2.53. The largest absolute Gasteiger partial charge is 0.483 e. The van der Waals surface area contributed by atoms with Crippen molar-refractivity contribution < 1.29 is 17.9 Å². The van der Waals surface area contributed by atoms with Gasteiger partial charge in [0.05, 0.1) is 5.75 Å². The molecule has 7 heteroatoms. The van der Waals surface area contributed by atoms with Crippen molar-refractivity contribution in [2.75, 3.05) is 25.4 Å². The second-order valence-corrected chi connectivity index (χ2v) is 6.60. The van der Waals surface area contributed by atoms with E-state index in [1.807, 2.05) is 24.3 Å². The van der Waals surface area contributed by atoms with E-state index in [0.717, 1.165) is 5.56 Å². The van der Waals surface area contributed by atoms with Crippen LogP contribution in [-0.2, 0) is 21.4 Å². The third kappa shape index (κ3) is 3.71. The maximum absolute atomic E-state index is 11.9. The Bertz CT molecular complexity index is 586. The summed E-state index contributed by atoms with van der Waals surface area (Å²) >= 11 is 0. The van der Waals surface area contributed by atoms with Gasteiger partial charge in [-0.1, -0.05) is 18.2 Å². The van der Waals surface area contributed by atoms with Crippen LogP contribution >= 0.6 is 0 Å². The minimum atomic E-state index is -3.23. The van der Waals surface area contributed by atoms with Crippen LogP contribution in [-0.4, -0.2) is 44.7 Å². The molecule has 0 atom stereocenters. The Kier molecular flexibility index (Phi) is 4.61. The molecule has 1 aliphatic rings. The lowest BCUT2D eigenvalue weighted by molar-refractivity contribution is -0.133. The second-order valence-electron chi connectivity index (χ2n) is 4.51. The number of hydrogen-bond donors (Lipinski definition) is 1. The molecule has 0 saturated heterocycles. The van der Waals surface area contributed by atoms with E-state index in [2.05, 4.69) is 4.72 Å². The van der Waals surface area contributed by atoms with E-state index in [1.165, 1.54) is 0 Å². The van der Waals surface area contributed by atoms with E-state index >= 15 is 0 Å². The SMILES string of the molecule is CCS(=O)(=O)NCCN1Cc2ccccc2OCC1=O. The molecule has 0 radical (unpaired) electrons. The first kappa shape index (κ1) is 14.8. The van der Waals surface area contributed by atoms with Crippen LogP contribution in [0.4, 0.5) is 0 Å². The summed E-state index contributed by atoms with van der Waals surface area (Å²) in [5.74, 6) is 0.599. The molecule has 110 valence electrons. The number of para-hydroxylation sites is 1. The number of hydrogen-bond acceptors (Lipinski definition) is 4. The minimum Gasteiger partial charge on any atom is -0.483 e. The number of nitrogens with zero attached hydrogens (tertiary/aromatic N) is 1. The minimum absolute atomic E-state index is 0.0163. The molecule has 1 aromatic rings. The molecule has 6 nitrogen and oxygen atoms in total. The first-order valence-corrected chi connectivity index (χ1v) is 8.13. The van der Waals surface area contributed by atoms with Crippen LogP contribution in [0.25, 0.3) is 0 Å². The van der Waals surface area contributed by atoms with Crippen LogP contribution in [0, 0.1) is 0 Å². The van der Waals surface area contributed by atoms with E-state index < -0.39 is 10.0 Å². The monoisotopic (exact) mass is 298 g/mol. The number of ether oxygens (including phenoxy) is 1. The topological polar surface area (TPSA) is 75.7 Å². The second kappa shape index (κ2) is 6.23. The number of amides is 1. The molecule has 0 spiro atoms. The molecule has 1 amide bonds. The molecule has 0 saturated carbocycles. The van der Waals surface area contributed by atoms with Crippen LogP contribution in [0.15, 0.2) is 24.3 Å². The summed E-state index contributed by atoms with van der Waals surface area (Å²) in [6.07, 6.45) is 0. The maximum atomic E-state index is 11.9. The molecule has 0 aliphatic carbocycles. The van der Waals surface area contributed by atoms with Crippen LogP contribution in [0.2, 0.25) is 0 Å². The lowest BCUT2D eigenvalue weighted by atomic mass is 10.2. The molecule has 0 aromatic heterocycles. The Morgan fingerprint density at radius 1 is 1.35 bits per heavy atom. The third-order valence-electron chi connectivity index (χ3n) is 3.12. The Labute approximate surface area is 118 Å². The van der Waals surface area contributed by atoms with Crippen LogP contribution in [0.3, 0.4) is 0 Å². The number of sulfonamides is 1. The average Bonchev–Trinajstić information content (AvgIpc) is 2.59. The number of benzene rings is 1. The highest BCUT2D eigenvalue weighted by atomic mass is 32.2. The molecule has 20 heavy (non-hydrogen) atoms. The summed E-state index contributed by atoms with van der Waals surface area (Å²) in [6, 6.07) is 7.47. The van der Waals surface area contributed by atoms with Gasteiger partial charge in [-0.25, -0.2) is 13.1 Å². The highest BCUT2D eigenvalue weighted by molar-refractivity contribution is 7.89. The van der Waals surface area contributed by atoms with Gasteiger partial charge in [-0.2, -0.15) is 0 Å². The fourth-order valence-corrected chi connectivity index (χ4v) is 2.55. The molecule has 2 rings (SSSR count). The Morgan fingerprint density at radius 2 is 2.10 bits per heavy atom. The molecular formula is C13H18N2O4S. The zero-order valence-corrected chi connectivity index (χ0v) is 12.1. The zero-order chi connectivity index (χ0) is 14.6. The van der Waals surface area contributed by atoms with Crippen molar-refractivity contribution in [3.63, 3.8) is 0 Å². The summed E-state index contributed by atoms with van der Waals surface area (Å²) in [7, 11) is -3.23. The molecule has 1 N–H and O–H groups in total. The predicted octanol–water partition coefficient (Wildman–Crippen LogP) is 0.347. The fraction of sp³-hybridized carbons (Fsp3) is 0.462. The quantitative estimate of drug-likeness (QED) is 0.851. The van der Waals surface area contributed by atoms with Crippen molar-refractivity contribution >= 4 is 15.9 Å². The molecule has 0 unspecified atom stereocenters.